The maximum Gasteiger partial charge on any atom is 0.256 e. The molecule has 0 amide bonds. The predicted molar refractivity (Wildman–Crippen MR) is 104 cm³/mol. The molecule has 0 saturated heterocycles. The number of nitriles is 1. The molecule has 3 aromatic rings. The summed E-state index contributed by atoms with van der Waals surface area (Å²) in [6, 6.07) is 18.3. The third-order valence-electron chi connectivity index (χ3n) is 5.45. The van der Waals surface area contributed by atoms with E-state index in [9.17, 15) is 10.1 Å². The predicted octanol–water partition coefficient (Wildman–Crippen LogP) is 3.68. The van der Waals surface area contributed by atoms with Gasteiger partial charge in [-0.15, -0.1) is 0 Å². The molecule has 2 aromatic carbocycles. The molecule has 0 fully saturated rings. The second kappa shape index (κ2) is 6.10. The first-order chi connectivity index (χ1) is 13.3. The molecule has 1 aromatic heterocycles. The highest BCUT2D eigenvalue weighted by Crippen LogP contribution is 2.34. The van der Waals surface area contributed by atoms with Crippen LogP contribution in [0, 0.1) is 11.3 Å². The summed E-state index contributed by atoms with van der Waals surface area (Å²) in [5.74, 6) is -0.0961. The van der Waals surface area contributed by atoms with Crippen molar-refractivity contribution < 1.29 is 4.79 Å². The summed E-state index contributed by atoms with van der Waals surface area (Å²) < 4.78 is 1.58. The average molecular weight is 354 g/mol. The molecular formula is C22H18N4O. The third-order valence-corrected chi connectivity index (χ3v) is 5.45. The van der Waals surface area contributed by atoms with Crippen molar-refractivity contribution >= 4 is 22.6 Å². The number of carbonyl (C=O) groups excluding carboxylic acids is 1. The lowest BCUT2D eigenvalue weighted by Gasteiger charge is -2.33. The average Bonchev–Trinajstić information content (AvgIpc) is 3.08. The molecule has 2 aliphatic rings. The molecule has 0 bridgehead atoms. The molecule has 3 heterocycles. The Bertz CT molecular complexity index is 1130. The van der Waals surface area contributed by atoms with Crippen LogP contribution in [0.15, 0.2) is 60.2 Å². The molecule has 27 heavy (non-hydrogen) atoms. The van der Waals surface area contributed by atoms with E-state index in [1.54, 1.807) is 10.6 Å². The van der Waals surface area contributed by atoms with Gasteiger partial charge in [0.05, 0.1) is 17.1 Å². The number of allylic oxidation sites excluding steroid dienone is 1. The lowest BCUT2D eigenvalue weighted by Crippen LogP contribution is -2.34. The van der Waals surface area contributed by atoms with Crippen molar-refractivity contribution in [2.24, 2.45) is 0 Å². The number of hydrogen-bond acceptors (Lipinski definition) is 4. The van der Waals surface area contributed by atoms with Gasteiger partial charge in [-0.2, -0.15) is 5.26 Å². The molecule has 132 valence electrons. The summed E-state index contributed by atoms with van der Waals surface area (Å²) in [7, 11) is 0. The Kier molecular flexibility index (Phi) is 3.58. The molecule has 0 spiro atoms. The zero-order chi connectivity index (χ0) is 18.4. The van der Waals surface area contributed by atoms with Crippen LogP contribution in [0.25, 0.3) is 11.0 Å². The number of benzene rings is 2. The van der Waals surface area contributed by atoms with E-state index in [2.05, 4.69) is 34.2 Å². The normalized spacial score (nSPS) is 18.6. The Labute approximate surface area is 157 Å². The first-order valence-electron chi connectivity index (χ1n) is 9.21. The third kappa shape index (κ3) is 2.45. The van der Waals surface area contributed by atoms with Crippen LogP contribution >= 0.6 is 0 Å². The van der Waals surface area contributed by atoms with Crippen molar-refractivity contribution in [3.05, 3.63) is 71.6 Å². The van der Waals surface area contributed by atoms with Gasteiger partial charge in [-0.1, -0.05) is 30.3 Å². The molecule has 5 nitrogen and oxygen atoms in total. The lowest BCUT2D eigenvalue weighted by molar-refractivity contribution is 0.0964. The van der Waals surface area contributed by atoms with Gasteiger partial charge in [0.15, 0.2) is 0 Å². The molecule has 0 aliphatic carbocycles. The Balaban J connectivity index is 1.55. The van der Waals surface area contributed by atoms with E-state index in [1.807, 2.05) is 30.3 Å². The monoisotopic (exact) mass is 354 g/mol. The highest BCUT2D eigenvalue weighted by molar-refractivity contribution is 5.99. The van der Waals surface area contributed by atoms with Gasteiger partial charge in [0.25, 0.3) is 5.91 Å². The number of fused-ring (bicyclic) bond motifs is 4. The fourth-order valence-corrected chi connectivity index (χ4v) is 4.22. The first-order valence-corrected chi connectivity index (χ1v) is 9.21. The summed E-state index contributed by atoms with van der Waals surface area (Å²) in [6.07, 6.45) is 3.78. The number of nitrogens with zero attached hydrogens (tertiary/aromatic N) is 4. The van der Waals surface area contributed by atoms with Crippen molar-refractivity contribution in [2.45, 2.75) is 18.8 Å². The maximum absolute atomic E-state index is 12.8. The van der Waals surface area contributed by atoms with Crippen LogP contribution in [0.2, 0.25) is 0 Å². The second-order valence-corrected chi connectivity index (χ2v) is 7.07. The van der Waals surface area contributed by atoms with Crippen molar-refractivity contribution in [1.29, 1.82) is 5.26 Å². The van der Waals surface area contributed by atoms with E-state index >= 15 is 0 Å². The number of rotatable bonds is 2. The highest BCUT2D eigenvalue weighted by Gasteiger charge is 2.32. The van der Waals surface area contributed by atoms with Gasteiger partial charge in [-0.05, 0) is 42.2 Å². The van der Waals surface area contributed by atoms with Crippen LogP contribution in [0.5, 0.6) is 0 Å². The second-order valence-electron chi connectivity index (χ2n) is 7.07. The Hall–Kier alpha value is -3.39. The van der Waals surface area contributed by atoms with Crippen molar-refractivity contribution in [3.8, 4) is 6.07 Å². The van der Waals surface area contributed by atoms with Crippen LogP contribution in [0.3, 0.4) is 0 Å². The Morgan fingerprint density at radius 3 is 2.85 bits per heavy atom. The number of aryl methyl sites for hydroxylation is 1. The van der Waals surface area contributed by atoms with Gasteiger partial charge in [0, 0.05) is 24.9 Å². The standard InChI is InChI=1S/C22H18N4O/c23-13-17-16(14-25-11-5-7-15-6-1-3-9-19(15)25)12-21(27)26-20-10-4-2-8-18(20)24-22(17)26/h1-4,6,8-10,12,17H,5,7,11,14H2. The summed E-state index contributed by atoms with van der Waals surface area (Å²) >= 11 is 0. The quantitative estimate of drug-likeness (QED) is 0.704. The molecule has 0 N–H and O–H groups in total. The molecule has 0 saturated carbocycles. The number of hydrogen-bond donors (Lipinski definition) is 0. The maximum atomic E-state index is 12.8. The highest BCUT2D eigenvalue weighted by atomic mass is 16.2. The van der Waals surface area contributed by atoms with Crippen LogP contribution in [-0.2, 0) is 6.42 Å². The van der Waals surface area contributed by atoms with E-state index in [0.29, 0.717) is 12.4 Å². The van der Waals surface area contributed by atoms with E-state index in [0.717, 1.165) is 36.0 Å². The number of para-hydroxylation sites is 3. The molecular weight excluding hydrogens is 336 g/mol. The Morgan fingerprint density at radius 1 is 1.15 bits per heavy atom. The van der Waals surface area contributed by atoms with Crippen LogP contribution < -0.4 is 4.90 Å². The van der Waals surface area contributed by atoms with Gasteiger partial charge in [-0.3, -0.25) is 9.36 Å². The SMILES string of the molecule is N#CC1C(CN2CCCc3ccccc32)=CC(=O)n2c1nc1ccccc12. The van der Waals surface area contributed by atoms with Gasteiger partial charge in [0.1, 0.15) is 11.7 Å². The topological polar surface area (TPSA) is 61.9 Å². The summed E-state index contributed by atoms with van der Waals surface area (Å²) in [5.41, 5.74) is 4.86. The van der Waals surface area contributed by atoms with Crippen molar-refractivity contribution in [2.75, 3.05) is 18.0 Å². The largest absolute Gasteiger partial charge is 0.367 e. The molecule has 0 radical (unpaired) electrons. The number of aromatic nitrogens is 2. The Morgan fingerprint density at radius 2 is 1.96 bits per heavy atom. The smallest absolute Gasteiger partial charge is 0.256 e. The van der Waals surface area contributed by atoms with Crippen molar-refractivity contribution in [3.63, 3.8) is 0 Å². The first kappa shape index (κ1) is 15.8. The zero-order valence-corrected chi connectivity index (χ0v) is 14.8. The van der Waals surface area contributed by atoms with Crippen molar-refractivity contribution in [1.82, 2.24) is 9.55 Å². The minimum atomic E-state index is -0.510. The molecule has 2 aliphatic heterocycles. The summed E-state index contributed by atoms with van der Waals surface area (Å²) in [5, 5.41) is 9.87. The molecule has 5 rings (SSSR count). The van der Waals surface area contributed by atoms with Gasteiger partial charge < -0.3 is 4.90 Å². The zero-order valence-electron chi connectivity index (χ0n) is 14.8. The molecule has 1 atom stereocenters. The minimum Gasteiger partial charge on any atom is -0.367 e. The van der Waals surface area contributed by atoms with Gasteiger partial charge in [-0.25, -0.2) is 4.98 Å². The number of anilines is 1. The number of imidazole rings is 1. The van der Waals surface area contributed by atoms with E-state index in [-0.39, 0.29) is 5.91 Å². The van der Waals surface area contributed by atoms with Crippen LogP contribution in [0.4, 0.5) is 5.69 Å². The fourth-order valence-electron chi connectivity index (χ4n) is 4.22. The number of carbonyl (C=O) groups is 1. The van der Waals surface area contributed by atoms with E-state index in [4.69, 9.17) is 0 Å². The lowest BCUT2D eigenvalue weighted by atomic mass is 9.94. The molecule has 1 unspecified atom stereocenters. The van der Waals surface area contributed by atoms with Crippen LogP contribution in [0.1, 0.15) is 28.5 Å². The summed E-state index contributed by atoms with van der Waals surface area (Å²) in [6.45, 7) is 1.50. The van der Waals surface area contributed by atoms with Gasteiger partial charge in [0.2, 0.25) is 0 Å². The van der Waals surface area contributed by atoms with E-state index in [1.165, 1.54) is 11.3 Å². The summed E-state index contributed by atoms with van der Waals surface area (Å²) in [4.78, 5) is 19.7. The molecule has 5 heteroatoms. The van der Waals surface area contributed by atoms with Crippen LogP contribution in [-0.4, -0.2) is 28.5 Å². The minimum absolute atomic E-state index is 0.120. The van der Waals surface area contributed by atoms with E-state index < -0.39 is 5.92 Å². The van der Waals surface area contributed by atoms with Gasteiger partial charge >= 0.3 is 0 Å². The fraction of sp³-hybridized carbons (Fsp3) is 0.227.